The van der Waals surface area contributed by atoms with Gasteiger partial charge in [-0.1, -0.05) is 11.8 Å². The van der Waals surface area contributed by atoms with Crippen LogP contribution in [0.25, 0.3) is 11.5 Å². The van der Waals surface area contributed by atoms with Gasteiger partial charge in [0, 0.05) is 18.2 Å². The Labute approximate surface area is 151 Å². The Kier molecular flexibility index (Phi) is 5.96. The molecule has 1 aliphatic rings. The molecule has 7 heteroatoms. The first-order chi connectivity index (χ1) is 12.2. The van der Waals surface area contributed by atoms with Crippen LogP contribution in [0.15, 0.2) is 33.9 Å². The number of hydrogen-bond acceptors (Lipinski definition) is 6. The fourth-order valence-corrected chi connectivity index (χ4v) is 3.57. The van der Waals surface area contributed by atoms with Gasteiger partial charge in [-0.05, 0) is 57.4 Å². The first kappa shape index (κ1) is 17.8. The summed E-state index contributed by atoms with van der Waals surface area (Å²) >= 11 is 1.29. The van der Waals surface area contributed by atoms with Crippen LogP contribution >= 0.6 is 11.8 Å². The molecule has 0 saturated carbocycles. The second-order valence-corrected chi connectivity index (χ2v) is 6.98. The van der Waals surface area contributed by atoms with E-state index < -0.39 is 0 Å². The van der Waals surface area contributed by atoms with Gasteiger partial charge in [0.1, 0.15) is 5.75 Å². The largest absolute Gasteiger partial charge is 0.494 e. The highest BCUT2D eigenvalue weighted by Crippen LogP contribution is 2.26. The number of benzene rings is 1. The molecule has 3 rings (SSSR count). The van der Waals surface area contributed by atoms with E-state index in [4.69, 9.17) is 9.15 Å². The molecule has 134 valence electrons. The van der Waals surface area contributed by atoms with E-state index in [1.165, 1.54) is 18.2 Å². The van der Waals surface area contributed by atoms with E-state index >= 15 is 0 Å². The maximum absolute atomic E-state index is 12.4. The Balaban J connectivity index is 1.57. The summed E-state index contributed by atoms with van der Waals surface area (Å²) in [6.07, 6.45) is 3.37. The van der Waals surface area contributed by atoms with Gasteiger partial charge in [-0.15, -0.1) is 10.2 Å². The molecule has 1 amide bonds. The monoisotopic (exact) mass is 361 g/mol. The van der Waals surface area contributed by atoms with Gasteiger partial charge in [0.15, 0.2) is 0 Å². The molecule has 0 spiro atoms. The SMILES string of the molecule is CCOc1ccc(-c2nnc(SCC(=O)N3CCCCC3C)o2)cc1. The van der Waals surface area contributed by atoms with Crippen LogP contribution in [0.5, 0.6) is 5.75 Å². The highest BCUT2D eigenvalue weighted by molar-refractivity contribution is 7.99. The lowest BCUT2D eigenvalue weighted by Gasteiger charge is -2.33. The molecule has 6 nitrogen and oxygen atoms in total. The molecule has 25 heavy (non-hydrogen) atoms. The van der Waals surface area contributed by atoms with E-state index in [0.29, 0.717) is 29.5 Å². The van der Waals surface area contributed by atoms with E-state index in [-0.39, 0.29) is 5.91 Å². The van der Waals surface area contributed by atoms with Crippen molar-refractivity contribution in [1.82, 2.24) is 15.1 Å². The van der Waals surface area contributed by atoms with E-state index in [1.807, 2.05) is 36.1 Å². The normalized spacial score (nSPS) is 17.5. The van der Waals surface area contributed by atoms with Crippen molar-refractivity contribution in [2.75, 3.05) is 18.9 Å². The number of piperidine rings is 1. The zero-order chi connectivity index (χ0) is 17.6. The van der Waals surface area contributed by atoms with Crippen molar-refractivity contribution < 1.29 is 13.9 Å². The van der Waals surface area contributed by atoms with Gasteiger partial charge in [0.05, 0.1) is 12.4 Å². The lowest BCUT2D eigenvalue weighted by molar-refractivity contribution is -0.131. The molecular formula is C18H23N3O3S. The minimum absolute atomic E-state index is 0.137. The van der Waals surface area contributed by atoms with Gasteiger partial charge in [0.2, 0.25) is 11.8 Å². The van der Waals surface area contributed by atoms with E-state index in [2.05, 4.69) is 17.1 Å². The number of nitrogens with zero attached hydrogens (tertiary/aromatic N) is 3. The summed E-state index contributed by atoms with van der Waals surface area (Å²) in [6.45, 7) is 5.53. The third-order valence-corrected chi connectivity index (χ3v) is 5.06. The molecule has 1 aromatic heterocycles. The van der Waals surface area contributed by atoms with Crippen LogP contribution in [0.3, 0.4) is 0 Å². The van der Waals surface area contributed by atoms with Crippen molar-refractivity contribution >= 4 is 17.7 Å². The lowest BCUT2D eigenvalue weighted by Crippen LogP contribution is -2.42. The predicted octanol–water partition coefficient (Wildman–Crippen LogP) is 3.63. The second-order valence-electron chi connectivity index (χ2n) is 6.05. The first-order valence-electron chi connectivity index (χ1n) is 8.66. The van der Waals surface area contributed by atoms with Gasteiger partial charge in [-0.3, -0.25) is 4.79 Å². The summed E-state index contributed by atoms with van der Waals surface area (Å²) in [4.78, 5) is 14.3. The predicted molar refractivity (Wildman–Crippen MR) is 96.7 cm³/mol. The summed E-state index contributed by atoms with van der Waals surface area (Å²) < 4.78 is 11.1. The van der Waals surface area contributed by atoms with Gasteiger partial charge >= 0.3 is 0 Å². The topological polar surface area (TPSA) is 68.5 Å². The van der Waals surface area contributed by atoms with Crippen LogP contribution < -0.4 is 4.74 Å². The van der Waals surface area contributed by atoms with Crippen LogP contribution in [0, 0.1) is 0 Å². The third-order valence-electron chi connectivity index (χ3n) is 4.26. The summed E-state index contributed by atoms with van der Waals surface area (Å²) in [7, 11) is 0. The molecule has 2 aromatic rings. The maximum Gasteiger partial charge on any atom is 0.277 e. The standard InChI is InChI=1S/C18H23N3O3S/c1-3-23-15-9-7-14(8-10-15)17-19-20-18(24-17)25-12-16(22)21-11-5-4-6-13(21)2/h7-10,13H,3-6,11-12H2,1-2H3. The first-order valence-corrected chi connectivity index (χ1v) is 9.65. The summed E-state index contributed by atoms with van der Waals surface area (Å²) in [6, 6.07) is 7.83. The lowest BCUT2D eigenvalue weighted by atomic mass is 10.0. The quantitative estimate of drug-likeness (QED) is 0.732. The summed E-state index contributed by atoms with van der Waals surface area (Å²) in [5.41, 5.74) is 0.832. The van der Waals surface area contributed by atoms with Crippen molar-refractivity contribution in [1.29, 1.82) is 0 Å². The minimum Gasteiger partial charge on any atom is -0.494 e. The number of hydrogen-bond donors (Lipinski definition) is 0. The number of carbonyl (C=O) groups excluding carboxylic acids is 1. The average Bonchev–Trinajstić information content (AvgIpc) is 3.10. The Bertz CT molecular complexity index is 702. The van der Waals surface area contributed by atoms with Crippen molar-refractivity contribution in [3.63, 3.8) is 0 Å². The van der Waals surface area contributed by atoms with Crippen LogP contribution in [0.2, 0.25) is 0 Å². The molecule has 1 saturated heterocycles. The number of likely N-dealkylation sites (tertiary alicyclic amines) is 1. The number of aromatic nitrogens is 2. The Hall–Kier alpha value is -2.02. The Morgan fingerprint density at radius 2 is 2.12 bits per heavy atom. The highest BCUT2D eigenvalue weighted by Gasteiger charge is 2.23. The zero-order valence-corrected chi connectivity index (χ0v) is 15.4. The molecule has 1 aliphatic heterocycles. The van der Waals surface area contributed by atoms with Gasteiger partial charge in [0.25, 0.3) is 5.22 Å². The van der Waals surface area contributed by atoms with E-state index in [0.717, 1.165) is 30.7 Å². The van der Waals surface area contributed by atoms with E-state index in [1.54, 1.807) is 0 Å². The third kappa shape index (κ3) is 4.54. The average molecular weight is 361 g/mol. The van der Waals surface area contributed by atoms with Crippen molar-refractivity contribution in [2.24, 2.45) is 0 Å². The molecule has 0 aliphatic carbocycles. The van der Waals surface area contributed by atoms with Crippen molar-refractivity contribution in [2.45, 2.75) is 44.4 Å². The van der Waals surface area contributed by atoms with E-state index in [9.17, 15) is 4.79 Å². The second kappa shape index (κ2) is 8.38. The maximum atomic E-state index is 12.4. The zero-order valence-electron chi connectivity index (χ0n) is 14.6. The Morgan fingerprint density at radius 3 is 2.84 bits per heavy atom. The molecule has 1 aromatic carbocycles. The molecule has 1 fully saturated rings. The highest BCUT2D eigenvalue weighted by atomic mass is 32.2. The molecular weight excluding hydrogens is 338 g/mol. The molecule has 0 N–H and O–H groups in total. The molecule has 0 bridgehead atoms. The molecule has 2 heterocycles. The summed E-state index contributed by atoms with van der Waals surface area (Å²) in [5.74, 6) is 1.72. The number of ether oxygens (including phenoxy) is 1. The summed E-state index contributed by atoms with van der Waals surface area (Å²) in [5, 5.41) is 8.51. The number of thioether (sulfide) groups is 1. The van der Waals surface area contributed by atoms with Crippen molar-refractivity contribution in [3.05, 3.63) is 24.3 Å². The van der Waals surface area contributed by atoms with Crippen LogP contribution in [-0.2, 0) is 4.79 Å². The van der Waals surface area contributed by atoms with Crippen molar-refractivity contribution in [3.8, 4) is 17.2 Å². The molecule has 0 radical (unpaired) electrons. The fraction of sp³-hybridized carbons (Fsp3) is 0.500. The smallest absolute Gasteiger partial charge is 0.277 e. The number of rotatable bonds is 6. The van der Waals surface area contributed by atoms with Gasteiger partial charge in [-0.25, -0.2) is 0 Å². The molecule has 1 atom stereocenters. The minimum atomic E-state index is 0.137. The van der Waals surface area contributed by atoms with Crippen LogP contribution in [0.1, 0.15) is 33.1 Å². The molecule has 1 unspecified atom stereocenters. The number of amides is 1. The van der Waals surface area contributed by atoms with Gasteiger partial charge < -0.3 is 14.1 Å². The van der Waals surface area contributed by atoms with Crippen LogP contribution in [0.4, 0.5) is 0 Å². The van der Waals surface area contributed by atoms with Gasteiger partial charge in [-0.2, -0.15) is 0 Å². The number of carbonyl (C=O) groups is 1. The fourth-order valence-electron chi connectivity index (χ4n) is 2.92. The van der Waals surface area contributed by atoms with Crippen LogP contribution in [-0.4, -0.2) is 46.0 Å². The Morgan fingerprint density at radius 1 is 1.32 bits per heavy atom.